The first kappa shape index (κ1) is 18.3. The van der Waals surface area contributed by atoms with Crippen LogP contribution in [-0.2, 0) is 11.2 Å². The SMILES string of the molecule is CCN1CCN(c2ccccc2NC(=O)Cc2cccc(OC)c2)CC1. The predicted octanol–water partition coefficient (Wildman–Crippen LogP) is 3.02. The van der Waals surface area contributed by atoms with E-state index in [-0.39, 0.29) is 5.91 Å². The maximum atomic E-state index is 12.5. The van der Waals surface area contributed by atoms with Crippen LogP contribution in [0.3, 0.4) is 0 Å². The minimum Gasteiger partial charge on any atom is -0.497 e. The summed E-state index contributed by atoms with van der Waals surface area (Å²) in [6, 6.07) is 15.7. The van der Waals surface area contributed by atoms with Crippen LogP contribution in [0.1, 0.15) is 12.5 Å². The molecule has 0 unspecified atom stereocenters. The van der Waals surface area contributed by atoms with E-state index in [2.05, 4.69) is 28.1 Å². The highest BCUT2D eigenvalue weighted by Crippen LogP contribution is 2.27. The van der Waals surface area contributed by atoms with Crippen LogP contribution >= 0.6 is 0 Å². The molecule has 2 aromatic carbocycles. The van der Waals surface area contributed by atoms with Gasteiger partial charge in [-0.05, 0) is 36.4 Å². The second-order valence-electron chi connectivity index (χ2n) is 6.51. The number of nitrogens with zero attached hydrogens (tertiary/aromatic N) is 2. The minimum absolute atomic E-state index is 0.0158. The molecule has 1 N–H and O–H groups in total. The number of rotatable bonds is 6. The number of ether oxygens (including phenoxy) is 1. The molecule has 0 aliphatic carbocycles. The van der Waals surface area contributed by atoms with Gasteiger partial charge in [-0.1, -0.05) is 31.2 Å². The fourth-order valence-electron chi connectivity index (χ4n) is 3.32. The van der Waals surface area contributed by atoms with Gasteiger partial charge in [-0.15, -0.1) is 0 Å². The molecule has 1 saturated heterocycles. The Kier molecular flexibility index (Phi) is 6.12. The lowest BCUT2D eigenvalue weighted by atomic mass is 10.1. The van der Waals surface area contributed by atoms with Crippen LogP contribution in [0.25, 0.3) is 0 Å². The molecule has 2 aromatic rings. The molecule has 1 amide bonds. The Morgan fingerprint density at radius 1 is 1.08 bits per heavy atom. The van der Waals surface area contributed by atoms with Crippen molar-refractivity contribution in [3.8, 4) is 5.75 Å². The van der Waals surface area contributed by atoms with E-state index in [0.29, 0.717) is 6.42 Å². The van der Waals surface area contributed by atoms with Crippen LogP contribution in [0.5, 0.6) is 5.75 Å². The monoisotopic (exact) mass is 353 g/mol. The van der Waals surface area contributed by atoms with Gasteiger partial charge in [0.1, 0.15) is 5.75 Å². The summed E-state index contributed by atoms with van der Waals surface area (Å²) in [5.41, 5.74) is 2.92. The van der Waals surface area contributed by atoms with Crippen molar-refractivity contribution in [3.05, 3.63) is 54.1 Å². The average molecular weight is 353 g/mol. The van der Waals surface area contributed by atoms with E-state index in [9.17, 15) is 4.79 Å². The zero-order valence-corrected chi connectivity index (χ0v) is 15.6. The molecule has 0 bridgehead atoms. The van der Waals surface area contributed by atoms with E-state index >= 15 is 0 Å². The fraction of sp³-hybridized carbons (Fsp3) is 0.381. The summed E-state index contributed by atoms with van der Waals surface area (Å²) in [5.74, 6) is 0.752. The highest BCUT2D eigenvalue weighted by atomic mass is 16.5. The van der Waals surface area contributed by atoms with Gasteiger partial charge < -0.3 is 19.9 Å². The summed E-state index contributed by atoms with van der Waals surface area (Å²) in [7, 11) is 1.63. The summed E-state index contributed by atoms with van der Waals surface area (Å²) < 4.78 is 5.23. The summed E-state index contributed by atoms with van der Waals surface area (Å²) in [4.78, 5) is 17.3. The Bertz CT molecular complexity index is 740. The maximum Gasteiger partial charge on any atom is 0.228 e. The van der Waals surface area contributed by atoms with Gasteiger partial charge >= 0.3 is 0 Å². The molecule has 1 aliphatic rings. The van der Waals surface area contributed by atoms with E-state index < -0.39 is 0 Å². The molecule has 0 saturated carbocycles. The van der Waals surface area contributed by atoms with Crippen molar-refractivity contribution >= 4 is 17.3 Å². The summed E-state index contributed by atoms with van der Waals surface area (Å²) in [5, 5.41) is 3.08. The number of anilines is 2. The number of likely N-dealkylation sites (N-methyl/N-ethyl adjacent to an activating group) is 1. The van der Waals surface area contributed by atoms with Crippen molar-refractivity contribution in [1.82, 2.24) is 4.90 Å². The Balaban J connectivity index is 1.67. The van der Waals surface area contributed by atoms with Crippen molar-refractivity contribution in [2.45, 2.75) is 13.3 Å². The molecule has 5 heteroatoms. The van der Waals surface area contributed by atoms with E-state index in [0.717, 1.165) is 55.4 Å². The van der Waals surface area contributed by atoms with Crippen LogP contribution in [-0.4, -0.2) is 50.6 Å². The molecular weight excluding hydrogens is 326 g/mol. The number of para-hydroxylation sites is 2. The summed E-state index contributed by atoms with van der Waals surface area (Å²) >= 11 is 0. The quantitative estimate of drug-likeness (QED) is 0.867. The number of methoxy groups -OCH3 is 1. The second-order valence-corrected chi connectivity index (χ2v) is 6.51. The number of carbonyl (C=O) groups excluding carboxylic acids is 1. The molecule has 138 valence electrons. The first-order valence-corrected chi connectivity index (χ1v) is 9.18. The number of hydrogen-bond acceptors (Lipinski definition) is 4. The summed E-state index contributed by atoms with van der Waals surface area (Å²) in [6.45, 7) is 7.37. The molecule has 3 rings (SSSR count). The smallest absolute Gasteiger partial charge is 0.228 e. The van der Waals surface area contributed by atoms with Gasteiger partial charge in [0.25, 0.3) is 0 Å². The van der Waals surface area contributed by atoms with E-state index in [1.165, 1.54) is 0 Å². The number of carbonyl (C=O) groups is 1. The molecule has 0 aromatic heterocycles. The molecule has 0 spiro atoms. The Hall–Kier alpha value is -2.53. The molecule has 0 radical (unpaired) electrons. The Morgan fingerprint density at radius 3 is 2.58 bits per heavy atom. The van der Waals surface area contributed by atoms with Gasteiger partial charge in [-0.2, -0.15) is 0 Å². The molecule has 1 fully saturated rings. The van der Waals surface area contributed by atoms with Gasteiger partial charge in [-0.3, -0.25) is 4.79 Å². The number of hydrogen-bond donors (Lipinski definition) is 1. The number of amides is 1. The van der Waals surface area contributed by atoms with Gasteiger partial charge in [0.2, 0.25) is 5.91 Å². The predicted molar refractivity (Wildman–Crippen MR) is 106 cm³/mol. The number of nitrogens with one attached hydrogen (secondary N) is 1. The number of piperazine rings is 1. The number of benzene rings is 2. The Labute approximate surface area is 155 Å². The minimum atomic E-state index is -0.0158. The van der Waals surface area contributed by atoms with Crippen LogP contribution in [0, 0.1) is 0 Å². The van der Waals surface area contributed by atoms with Gasteiger partial charge in [0.15, 0.2) is 0 Å². The highest BCUT2D eigenvalue weighted by Gasteiger charge is 2.18. The third-order valence-electron chi connectivity index (χ3n) is 4.84. The van der Waals surface area contributed by atoms with Gasteiger partial charge in [0.05, 0.1) is 24.9 Å². The third kappa shape index (κ3) is 4.55. The van der Waals surface area contributed by atoms with Gasteiger partial charge in [-0.25, -0.2) is 0 Å². The molecule has 0 atom stereocenters. The van der Waals surface area contributed by atoms with Crippen molar-refractivity contribution in [1.29, 1.82) is 0 Å². The first-order chi connectivity index (χ1) is 12.7. The summed E-state index contributed by atoms with van der Waals surface area (Å²) in [6.07, 6.45) is 0.329. The van der Waals surface area contributed by atoms with Crippen molar-refractivity contribution in [3.63, 3.8) is 0 Å². The molecular formula is C21H27N3O2. The first-order valence-electron chi connectivity index (χ1n) is 9.18. The third-order valence-corrected chi connectivity index (χ3v) is 4.84. The lowest BCUT2D eigenvalue weighted by molar-refractivity contribution is -0.115. The van der Waals surface area contributed by atoms with Crippen molar-refractivity contribution in [2.75, 3.05) is 50.1 Å². The maximum absolute atomic E-state index is 12.5. The molecule has 1 heterocycles. The lowest BCUT2D eigenvalue weighted by Gasteiger charge is -2.36. The molecule has 1 aliphatic heterocycles. The largest absolute Gasteiger partial charge is 0.497 e. The molecule has 5 nitrogen and oxygen atoms in total. The highest BCUT2D eigenvalue weighted by molar-refractivity contribution is 5.95. The van der Waals surface area contributed by atoms with Crippen LogP contribution in [0.4, 0.5) is 11.4 Å². The normalized spacial score (nSPS) is 14.9. The molecule has 26 heavy (non-hydrogen) atoms. The standard InChI is InChI=1S/C21H27N3O2/c1-3-23-11-13-24(14-12-23)20-10-5-4-9-19(20)22-21(25)16-17-7-6-8-18(15-17)26-2/h4-10,15H,3,11-14,16H2,1-2H3,(H,22,25). The van der Waals surface area contributed by atoms with Crippen LogP contribution in [0.2, 0.25) is 0 Å². The van der Waals surface area contributed by atoms with E-state index in [4.69, 9.17) is 4.74 Å². The fourth-order valence-corrected chi connectivity index (χ4v) is 3.32. The van der Waals surface area contributed by atoms with Crippen molar-refractivity contribution < 1.29 is 9.53 Å². The van der Waals surface area contributed by atoms with E-state index in [1.807, 2.05) is 42.5 Å². The van der Waals surface area contributed by atoms with Crippen LogP contribution in [0.15, 0.2) is 48.5 Å². The van der Waals surface area contributed by atoms with Crippen LogP contribution < -0.4 is 15.0 Å². The Morgan fingerprint density at radius 2 is 1.85 bits per heavy atom. The van der Waals surface area contributed by atoms with Crippen molar-refractivity contribution in [2.24, 2.45) is 0 Å². The average Bonchev–Trinajstić information content (AvgIpc) is 2.68. The topological polar surface area (TPSA) is 44.8 Å². The second kappa shape index (κ2) is 8.72. The van der Waals surface area contributed by atoms with E-state index in [1.54, 1.807) is 7.11 Å². The zero-order valence-electron chi connectivity index (χ0n) is 15.6. The zero-order chi connectivity index (χ0) is 18.4. The lowest BCUT2D eigenvalue weighted by Crippen LogP contribution is -2.46. The van der Waals surface area contributed by atoms with Gasteiger partial charge in [0, 0.05) is 26.2 Å².